The van der Waals surface area contributed by atoms with Gasteiger partial charge in [0.05, 0.1) is 12.6 Å². The van der Waals surface area contributed by atoms with Gasteiger partial charge in [-0.05, 0) is 31.4 Å². The van der Waals surface area contributed by atoms with E-state index in [9.17, 15) is 14.9 Å². The fraction of sp³-hybridized carbons (Fsp3) is 0.375. The molecule has 0 N–H and O–H groups in total. The van der Waals surface area contributed by atoms with E-state index in [1.54, 1.807) is 29.2 Å². The van der Waals surface area contributed by atoms with Crippen molar-refractivity contribution in [2.75, 3.05) is 26.2 Å². The van der Waals surface area contributed by atoms with E-state index in [-0.39, 0.29) is 23.8 Å². The van der Waals surface area contributed by atoms with Crippen LogP contribution >= 0.6 is 0 Å². The molecule has 0 radical (unpaired) electrons. The summed E-state index contributed by atoms with van der Waals surface area (Å²) in [6.07, 6.45) is 2.47. The molecule has 2 atom stereocenters. The molecule has 0 aromatic heterocycles. The first-order valence-electron chi connectivity index (χ1n) is 10.4. The lowest BCUT2D eigenvalue weighted by molar-refractivity contribution is -0.132. The first-order chi connectivity index (χ1) is 14.6. The van der Waals surface area contributed by atoms with Crippen molar-refractivity contribution in [1.82, 2.24) is 9.80 Å². The molecule has 2 fully saturated rings. The molecule has 2 saturated heterocycles. The van der Waals surface area contributed by atoms with Crippen LogP contribution in [0.2, 0.25) is 0 Å². The molecule has 4 rings (SSSR count). The van der Waals surface area contributed by atoms with Gasteiger partial charge in [-0.3, -0.25) is 14.5 Å². The molecule has 2 aromatic rings. The first-order valence-corrected chi connectivity index (χ1v) is 10.4. The van der Waals surface area contributed by atoms with Gasteiger partial charge in [-0.2, -0.15) is 5.26 Å². The molecule has 0 saturated carbocycles. The average molecular weight is 403 g/mol. The summed E-state index contributed by atoms with van der Waals surface area (Å²) >= 11 is 0. The average Bonchev–Trinajstić information content (AvgIpc) is 3.43. The van der Waals surface area contributed by atoms with Crippen LogP contribution in [0.15, 0.2) is 54.6 Å². The number of hydrogen-bond acceptors (Lipinski definition) is 5. The molecule has 154 valence electrons. The number of ether oxygens (including phenoxy) is 1. The Morgan fingerprint density at radius 2 is 1.83 bits per heavy atom. The summed E-state index contributed by atoms with van der Waals surface area (Å²) in [7, 11) is 0. The van der Waals surface area contributed by atoms with Crippen LogP contribution in [0.25, 0.3) is 0 Å². The predicted octanol–water partition coefficient (Wildman–Crippen LogP) is 2.89. The van der Waals surface area contributed by atoms with Crippen LogP contribution in [0.3, 0.4) is 0 Å². The van der Waals surface area contributed by atoms with Crippen molar-refractivity contribution in [3.05, 3.63) is 65.7 Å². The Morgan fingerprint density at radius 1 is 1.03 bits per heavy atom. The van der Waals surface area contributed by atoms with Crippen LogP contribution in [0, 0.1) is 11.3 Å². The largest absolute Gasteiger partial charge is 0.489 e. The van der Waals surface area contributed by atoms with Gasteiger partial charge in [0.15, 0.2) is 5.78 Å². The van der Waals surface area contributed by atoms with E-state index in [0.29, 0.717) is 36.5 Å². The molecule has 2 heterocycles. The van der Waals surface area contributed by atoms with Crippen LogP contribution in [-0.4, -0.2) is 59.8 Å². The van der Waals surface area contributed by atoms with Gasteiger partial charge < -0.3 is 9.64 Å². The fourth-order valence-corrected chi connectivity index (χ4v) is 4.18. The summed E-state index contributed by atoms with van der Waals surface area (Å²) in [6, 6.07) is 18.4. The Balaban J connectivity index is 1.33. The third-order valence-electron chi connectivity index (χ3n) is 5.75. The Kier molecular flexibility index (Phi) is 6.10. The van der Waals surface area contributed by atoms with Crippen molar-refractivity contribution in [3.63, 3.8) is 0 Å². The number of carbonyl (C=O) groups excluding carboxylic acids is 2. The molecule has 2 unspecified atom stereocenters. The highest BCUT2D eigenvalue weighted by molar-refractivity contribution is 6.09. The van der Waals surface area contributed by atoms with Gasteiger partial charge in [0.25, 0.3) is 0 Å². The van der Waals surface area contributed by atoms with Gasteiger partial charge in [-0.15, -0.1) is 0 Å². The van der Waals surface area contributed by atoms with E-state index in [1.165, 1.54) is 0 Å². The lowest BCUT2D eigenvalue weighted by atomic mass is 10.0. The zero-order valence-corrected chi connectivity index (χ0v) is 16.9. The lowest BCUT2D eigenvalue weighted by Gasteiger charge is -2.23. The minimum atomic E-state index is -0.281. The van der Waals surface area contributed by atoms with E-state index in [1.807, 2.05) is 30.3 Å². The summed E-state index contributed by atoms with van der Waals surface area (Å²) in [5, 5.41) is 9.19. The molecule has 6 nitrogen and oxygen atoms in total. The first kappa shape index (κ1) is 20.1. The van der Waals surface area contributed by atoms with Gasteiger partial charge in [0.1, 0.15) is 17.9 Å². The number of ketones is 1. The van der Waals surface area contributed by atoms with E-state index in [0.717, 1.165) is 25.8 Å². The minimum absolute atomic E-state index is 0.0229. The van der Waals surface area contributed by atoms with Crippen LogP contribution in [0.4, 0.5) is 0 Å². The number of rotatable bonds is 6. The molecule has 0 aliphatic carbocycles. The molecule has 0 spiro atoms. The molecule has 2 aromatic carbocycles. The highest BCUT2D eigenvalue weighted by Crippen LogP contribution is 2.22. The van der Waals surface area contributed by atoms with Crippen molar-refractivity contribution < 1.29 is 14.3 Å². The molecule has 2 aliphatic rings. The summed E-state index contributed by atoms with van der Waals surface area (Å²) in [4.78, 5) is 29.0. The highest BCUT2D eigenvalue weighted by Gasteiger charge is 2.32. The third kappa shape index (κ3) is 4.52. The van der Waals surface area contributed by atoms with Gasteiger partial charge >= 0.3 is 0 Å². The summed E-state index contributed by atoms with van der Waals surface area (Å²) in [5.41, 5.74) is 1.25. The van der Waals surface area contributed by atoms with Crippen LogP contribution in [-0.2, 0) is 4.79 Å². The van der Waals surface area contributed by atoms with E-state index in [4.69, 9.17) is 4.74 Å². The molecule has 1 amide bonds. The Labute approximate surface area is 176 Å². The van der Waals surface area contributed by atoms with Crippen LogP contribution in [0.5, 0.6) is 5.75 Å². The maximum Gasteiger partial charge on any atom is 0.237 e. The maximum atomic E-state index is 12.7. The number of carbonyl (C=O) groups is 2. The number of nitriles is 1. The fourth-order valence-electron chi connectivity index (χ4n) is 4.18. The van der Waals surface area contributed by atoms with Gasteiger partial charge in [0.2, 0.25) is 5.91 Å². The van der Waals surface area contributed by atoms with Gasteiger partial charge in [0, 0.05) is 30.8 Å². The molecule has 2 aliphatic heterocycles. The number of nitrogens with zero attached hydrogens (tertiary/aromatic N) is 3. The Morgan fingerprint density at radius 3 is 2.63 bits per heavy atom. The van der Waals surface area contributed by atoms with E-state index < -0.39 is 0 Å². The number of hydrogen-bond donors (Lipinski definition) is 0. The zero-order chi connectivity index (χ0) is 20.9. The summed E-state index contributed by atoms with van der Waals surface area (Å²) in [6.45, 7) is 2.44. The summed E-state index contributed by atoms with van der Waals surface area (Å²) < 4.78 is 6.11. The number of benzene rings is 2. The third-order valence-corrected chi connectivity index (χ3v) is 5.75. The molecular weight excluding hydrogens is 378 g/mol. The van der Waals surface area contributed by atoms with Crippen LogP contribution < -0.4 is 4.74 Å². The monoisotopic (exact) mass is 403 g/mol. The van der Waals surface area contributed by atoms with Crippen molar-refractivity contribution in [1.29, 1.82) is 5.26 Å². The predicted molar refractivity (Wildman–Crippen MR) is 112 cm³/mol. The van der Waals surface area contributed by atoms with Crippen molar-refractivity contribution >= 4 is 11.7 Å². The van der Waals surface area contributed by atoms with Crippen LogP contribution in [0.1, 0.15) is 35.2 Å². The second-order valence-corrected chi connectivity index (χ2v) is 7.86. The Hall–Kier alpha value is -3.17. The van der Waals surface area contributed by atoms with Gasteiger partial charge in [-0.25, -0.2) is 0 Å². The molecule has 30 heavy (non-hydrogen) atoms. The second kappa shape index (κ2) is 9.10. The van der Waals surface area contributed by atoms with Gasteiger partial charge in [-0.1, -0.05) is 42.5 Å². The van der Waals surface area contributed by atoms with Crippen molar-refractivity contribution in [2.45, 2.75) is 31.4 Å². The maximum absolute atomic E-state index is 12.7. The number of amides is 1. The molecule has 0 bridgehead atoms. The SMILES string of the molecule is N#CC1CCCN1C(=O)CN1CCC(Oc2cccc(C(=O)c3ccccc3)c2)C1. The topological polar surface area (TPSA) is 73.6 Å². The standard InChI is InChI=1S/C24H25N3O3/c25-15-20-9-5-12-27(20)23(28)17-26-13-11-22(16-26)30-21-10-4-8-19(14-21)24(29)18-6-2-1-3-7-18/h1-4,6-8,10,14,20,22H,5,9,11-13,16-17H2. The van der Waals surface area contributed by atoms with Crippen molar-refractivity contribution in [3.8, 4) is 11.8 Å². The molecule has 6 heteroatoms. The number of likely N-dealkylation sites (tertiary alicyclic amines) is 2. The highest BCUT2D eigenvalue weighted by atomic mass is 16.5. The lowest BCUT2D eigenvalue weighted by Crippen LogP contribution is -2.42. The summed E-state index contributed by atoms with van der Waals surface area (Å²) in [5.74, 6) is 0.659. The Bertz CT molecular complexity index is 954. The molecular formula is C24H25N3O3. The van der Waals surface area contributed by atoms with E-state index >= 15 is 0 Å². The second-order valence-electron chi connectivity index (χ2n) is 7.86. The van der Waals surface area contributed by atoms with Crippen molar-refractivity contribution in [2.24, 2.45) is 0 Å². The normalized spacial score (nSPS) is 21.4. The smallest absolute Gasteiger partial charge is 0.237 e. The van der Waals surface area contributed by atoms with E-state index in [2.05, 4.69) is 11.0 Å². The quantitative estimate of drug-likeness (QED) is 0.694. The zero-order valence-electron chi connectivity index (χ0n) is 16.9. The minimum Gasteiger partial charge on any atom is -0.489 e.